The number of aromatic nitrogens is 2. The summed E-state index contributed by atoms with van der Waals surface area (Å²) in [4.78, 5) is 30.8. The Morgan fingerprint density at radius 3 is 2.69 bits per heavy atom. The minimum Gasteiger partial charge on any atom is -0.497 e. The topological polar surface area (TPSA) is 84.1 Å². The minimum absolute atomic E-state index is 0.0988. The molecule has 2 aromatic carbocycles. The van der Waals surface area contributed by atoms with E-state index in [1.54, 1.807) is 31.2 Å². The first-order chi connectivity index (χ1) is 12.5. The molecular weight excluding hydrogens is 337 g/mol. The highest BCUT2D eigenvalue weighted by molar-refractivity contribution is 6.04. The summed E-state index contributed by atoms with van der Waals surface area (Å²) in [5.41, 5.74) is 1.30. The van der Waals surface area contributed by atoms with Crippen LogP contribution in [0.2, 0.25) is 0 Å². The van der Waals surface area contributed by atoms with Gasteiger partial charge < -0.3 is 15.0 Å². The maximum atomic E-state index is 14.0. The largest absolute Gasteiger partial charge is 0.497 e. The van der Waals surface area contributed by atoms with E-state index in [4.69, 9.17) is 4.74 Å². The Labute approximate surface area is 148 Å². The van der Waals surface area contributed by atoms with Gasteiger partial charge in [0, 0.05) is 29.1 Å². The van der Waals surface area contributed by atoms with E-state index in [9.17, 15) is 14.0 Å². The summed E-state index contributed by atoms with van der Waals surface area (Å²) in [7, 11) is 1.42. The molecule has 0 aliphatic rings. The van der Waals surface area contributed by atoms with Crippen LogP contribution in [0.4, 0.5) is 10.1 Å². The van der Waals surface area contributed by atoms with E-state index in [0.29, 0.717) is 28.5 Å². The number of aromatic amines is 1. The van der Waals surface area contributed by atoms with Crippen LogP contribution in [-0.2, 0) is 0 Å². The lowest BCUT2D eigenvalue weighted by Gasteiger charge is -2.09. The van der Waals surface area contributed by atoms with Crippen molar-refractivity contribution >= 4 is 11.6 Å². The van der Waals surface area contributed by atoms with Crippen LogP contribution in [0.5, 0.6) is 5.75 Å². The molecule has 132 valence electrons. The molecule has 0 spiro atoms. The lowest BCUT2D eigenvalue weighted by molar-refractivity contribution is 0.102. The number of amides is 1. The molecule has 7 heteroatoms. The molecule has 2 N–H and O–H groups in total. The molecular formula is C19H16FN3O3. The summed E-state index contributed by atoms with van der Waals surface area (Å²) in [6, 6.07) is 12.2. The summed E-state index contributed by atoms with van der Waals surface area (Å²) in [6.45, 7) is 1.72. The first kappa shape index (κ1) is 17.3. The van der Waals surface area contributed by atoms with Gasteiger partial charge in [-0.25, -0.2) is 9.37 Å². The predicted molar refractivity (Wildman–Crippen MR) is 95.9 cm³/mol. The Balaban J connectivity index is 1.87. The van der Waals surface area contributed by atoms with E-state index < -0.39 is 11.7 Å². The van der Waals surface area contributed by atoms with E-state index in [0.717, 1.165) is 6.07 Å². The second kappa shape index (κ2) is 7.18. The van der Waals surface area contributed by atoms with Crippen molar-refractivity contribution in [1.29, 1.82) is 0 Å². The van der Waals surface area contributed by atoms with Gasteiger partial charge >= 0.3 is 0 Å². The molecule has 0 unspecified atom stereocenters. The van der Waals surface area contributed by atoms with Crippen LogP contribution in [0.15, 0.2) is 53.3 Å². The lowest BCUT2D eigenvalue weighted by Crippen LogP contribution is -2.14. The van der Waals surface area contributed by atoms with Crippen molar-refractivity contribution in [2.24, 2.45) is 0 Å². The molecule has 3 aromatic rings. The fourth-order valence-corrected chi connectivity index (χ4v) is 2.47. The number of benzene rings is 2. The zero-order valence-electron chi connectivity index (χ0n) is 14.2. The Kier molecular flexibility index (Phi) is 4.79. The number of hydrogen-bond donors (Lipinski definition) is 2. The van der Waals surface area contributed by atoms with Crippen molar-refractivity contribution < 1.29 is 13.9 Å². The number of carbonyl (C=O) groups is 1. The van der Waals surface area contributed by atoms with E-state index >= 15 is 0 Å². The smallest absolute Gasteiger partial charge is 0.258 e. The van der Waals surface area contributed by atoms with Gasteiger partial charge in [0.2, 0.25) is 0 Å². The number of methoxy groups -OCH3 is 1. The lowest BCUT2D eigenvalue weighted by atomic mass is 10.1. The molecule has 0 saturated carbocycles. The highest BCUT2D eigenvalue weighted by Crippen LogP contribution is 2.21. The van der Waals surface area contributed by atoms with Crippen LogP contribution in [-0.4, -0.2) is 23.0 Å². The van der Waals surface area contributed by atoms with Gasteiger partial charge in [-0.15, -0.1) is 0 Å². The number of aryl methyl sites for hydroxylation is 1. The average molecular weight is 353 g/mol. The normalized spacial score (nSPS) is 10.4. The third kappa shape index (κ3) is 3.77. The standard InChI is InChI=1S/C19H16FN3O3/c1-11-8-17(24)23-18(21-11)12-4-3-5-13(9-12)22-19(25)15-7-6-14(26-2)10-16(15)20/h3-10H,1-2H3,(H,22,25)(H,21,23,24). The van der Waals surface area contributed by atoms with E-state index in [1.165, 1.54) is 25.3 Å². The van der Waals surface area contributed by atoms with E-state index in [2.05, 4.69) is 15.3 Å². The van der Waals surface area contributed by atoms with Crippen molar-refractivity contribution in [3.8, 4) is 17.1 Å². The number of carbonyl (C=O) groups excluding carboxylic acids is 1. The Bertz CT molecular complexity index is 1030. The molecule has 0 aliphatic heterocycles. The van der Waals surface area contributed by atoms with Gasteiger partial charge in [-0.3, -0.25) is 9.59 Å². The highest BCUT2D eigenvalue weighted by atomic mass is 19.1. The third-order valence-corrected chi connectivity index (χ3v) is 3.68. The number of nitrogens with one attached hydrogen (secondary N) is 2. The van der Waals surface area contributed by atoms with Gasteiger partial charge in [-0.2, -0.15) is 0 Å². The van der Waals surface area contributed by atoms with Gasteiger partial charge in [0.05, 0.1) is 12.7 Å². The second-order valence-corrected chi connectivity index (χ2v) is 5.62. The van der Waals surface area contributed by atoms with Crippen LogP contribution in [0, 0.1) is 12.7 Å². The fourth-order valence-electron chi connectivity index (χ4n) is 2.47. The van der Waals surface area contributed by atoms with Crippen molar-refractivity contribution in [3.63, 3.8) is 0 Å². The van der Waals surface area contributed by atoms with E-state index in [-0.39, 0.29) is 11.1 Å². The van der Waals surface area contributed by atoms with Crippen molar-refractivity contribution in [1.82, 2.24) is 9.97 Å². The maximum Gasteiger partial charge on any atom is 0.258 e. The Hall–Kier alpha value is -3.48. The minimum atomic E-state index is -0.678. The second-order valence-electron chi connectivity index (χ2n) is 5.62. The molecule has 6 nitrogen and oxygen atoms in total. The summed E-state index contributed by atoms with van der Waals surface area (Å²) in [5, 5.41) is 2.64. The van der Waals surface area contributed by atoms with Gasteiger partial charge in [0.25, 0.3) is 11.5 Å². The maximum absolute atomic E-state index is 14.0. The molecule has 0 radical (unpaired) electrons. The molecule has 1 heterocycles. The molecule has 0 bridgehead atoms. The first-order valence-corrected chi connectivity index (χ1v) is 7.79. The van der Waals surface area contributed by atoms with Crippen molar-refractivity contribution in [3.05, 3.63) is 76.0 Å². The molecule has 3 rings (SSSR count). The Morgan fingerprint density at radius 2 is 2.00 bits per heavy atom. The van der Waals surface area contributed by atoms with Gasteiger partial charge in [0.15, 0.2) is 0 Å². The molecule has 1 aromatic heterocycles. The number of halogens is 1. The number of hydrogen-bond acceptors (Lipinski definition) is 4. The van der Waals surface area contributed by atoms with Crippen LogP contribution < -0.4 is 15.6 Å². The van der Waals surface area contributed by atoms with Crippen LogP contribution >= 0.6 is 0 Å². The summed E-state index contributed by atoms with van der Waals surface area (Å²) < 4.78 is 19.0. The molecule has 1 amide bonds. The monoisotopic (exact) mass is 353 g/mol. The zero-order valence-corrected chi connectivity index (χ0v) is 14.2. The summed E-state index contributed by atoms with van der Waals surface area (Å²) >= 11 is 0. The van der Waals surface area contributed by atoms with E-state index in [1.807, 2.05) is 0 Å². The van der Waals surface area contributed by atoms with Gasteiger partial charge in [-0.1, -0.05) is 12.1 Å². The summed E-state index contributed by atoms with van der Waals surface area (Å²) in [5.74, 6) is -0.548. The summed E-state index contributed by atoms with van der Waals surface area (Å²) in [6.07, 6.45) is 0. The van der Waals surface area contributed by atoms with Crippen molar-refractivity contribution in [2.45, 2.75) is 6.92 Å². The number of H-pyrrole nitrogens is 1. The molecule has 0 saturated heterocycles. The first-order valence-electron chi connectivity index (χ1n) is 7.79. The highest BCUT2D eigenvalue weighted by Gasteiger charge is 2.13. The number of ether oxygens (including phenoxy) is 1. The van der Waals surface area contributed by atoms with Crippen molar-refractivity contribution in [2.75, 3.05) is 12.4 Å². The van der Waals surface area contributed by atoms with Gasteiger partial charge in [-0.05, 0) is 31.2 Å². The molecule has 0 atom stereocenters. The van der Waals surface area contributed by atoms with Gasteiger partial charge in [0.1, 0.15) is 17.4 Å². The number of anilines is 1. The predicted octanol–water partition coefficient (Wildman–Crippen LogP) is 3.15. The quantitative estimate of drug-likeness (QED) is 0.755. The zero-order chi connectivity index (χ0) is 18.7. The molecule has 0 aliphatic carbocycles. The average Bonchev–Trinajstić information content (AvgIpc) is 2.60. The number of nitrogens with zero attached hydrogens (tertiary/aromatic N) is 1. The van der Waals surface area contributed by atoms with Crippen LogP contribution in [0.25, 0.3) is 11.4 Å². The molecule has 0 fully saturated rings. The number of rotatable bonds is 4. The molecule has 26 heavy (non-hydrogen) atoms. The van der Waals surface area contributed by atoms with Crippen LogP contribution in [0.1, 0.15) is 16.1 Å². The van der Waals surface area contributed by atoms with Crippen LogP contribution in [0.3, 0.4) is 0 Å². The third-order valence-electron chi connectivity index (χ3n) is 3.68. The fraction of sp³-hybridized carbons (Fsp3) is 0.105. The Morgan fingerprint density at radius 1 is 1.19 bits per heavy atom. The SMILES string of the molecule is COc1ccc(C(=O)Nc2cccc(-c3nc(C)cc(=O)[nH]3)c2)c(F)c1.